The van der Waals surface area contributed by atoms with E-state index in [9.17, 15) is 0 Å². The van der Waals surface area contributed by atoms with Gasteiger partial charge in [0.2, 0.25) is 0 Å². The minimum Gasteiger partial charge on any atom is -0.365 e. The average molecular weight is 299 g/mol. The summed E-state index contributed by atoms with van der Waals surface area (Å²) in [6.45, 7) is 2.88. The van der Waals surface area contributed by atoms with Crippen molar-refractivity contribution in [2.24, 2.45) is 0 Å². The molecule has 0 radical (unpaired) electrons. The summed E-state index contributed by atoms with van der Waals surface area (Å²) in [6, 6.07) is 8.95. The van der Waals surface area contributed by atoms with Gasteiger partial charge in [0.05, 0.1) is 6.04 Å². The topological polar surface area (TPSA) is 44.3 Å². The second-order valence-electron chi connectivity index (χ2n) is 5.89. The number of rotatable bonds is 6. The Hall–Kier alpha value is -2.14. The standard InChI is InChI=1S/C17H25N5/c1-13-6-8-14(9-7-13)15(21(2)3)12-20-16-17(22(4)5)19-11-10-18-16/h6-11,15H,12H2,1-5H3,(H,18,20). The molecular formula is C17H25N5. The highest BCUT2D eigenvalue weighted by molar-refractivity contribution is 5.59. The maximum absolute atomic E-state index is 4.41. The predicted molar refractivity (Wildman–Crippen MR) is 92.5 cm³/mol. The number of nitrogens with zero attached hydrogens (tertiary/aromatic N) is 4. The van der Waals surface area contributed by atoms with Crippen molar-refractivity contribution in [3.8, 4) is 0 Å². The van der Waals surface area contributed by atoms with Gasteiger partial charge in [-0.05, 0) is 26.6 Å². The van der Waals surface area contributed by atoms with Gasteiger partial charge in [-0.15, -0.1) is 0 Å². The van der Waals surface area contributed by atoms with E-state index in [4.69, 9.17) is 0 Å². The third-order valence-electron chi connectivity index (χ3n) is 3.65. The van der Waals surface area contributed by atoms with Crippen molar-refractivity contribution in [3.63, 3.8) is 0 Å². The number of aryl methyl sites for hydroxylation is 1. The fourth-order valence-electron chi connectivity index (χ4n) is 2.36. The summed E-state index contributed by atoms with van der Waals surface area (Å²) in [5.74, 6) is 1.66. The fraction of sp³-hybridized carbons (Fsp3) is 0.412. The summed E-state index contributed by atoms with van der Waals surface area (Å²) in [5, 5.41) is 3.43. The van der Waals surface area contributed by atoms with Gasteiger partial charge < -0.3 is 15.1 Å². The minimum atomic E-state index is 0.276. The van der Waals surface area contributed by atoms with E-state index in [-0.39, 0.29) is 6.04 Å². The summed E-state index contributed by atoms with van der Waals surface area (Å²) in [4.78, 5) is 13.0. The van der Waals surface area contributed by atoms with E-state index in [1.165, 1.54) is 11.1 Å². The molecule has 5 heteroatoms. The summed E-state index contributed by atoms with van der Waals surface area (Å²) >= 11 is 0. The first kappa shape index (κ1) is 16.2. The molecule has 0 spiro atoms. The molecule has 118 valence electrons. The van der Waals surface area contributed by atoms with Crippen LogP contribution in [-0.4, -0.2) is 49.6 Å². The van der Waals surface area contributed by atoms with Crippen molar-refractivity contribution >= 4 is 11.6 Å². The molecule has 0 aliphatic carbocycles. The first-order chi connectivity index (χ1) is 10.5. The van der Waals surface area contributed by atoms with Gasteiger partial charge in [-0.2, -0.15) is 0 Å². The van der Waals surface area contributed by atoms with Crippen LogP contribution >= 0.6 is 0 Å². The molecule has 1 aromatic carbocycles. The Balaban J connectivity index is 2.15. The molecule has 1 unspecified atom stereocenters. The Kier molecular flexibility index (Phi) is 5.33. The summed E-state index contributed by atoms with van der Waals surface area (Å²) in [5.41, 5.74) is 2.57. The van der Waals surface area contributed by atoms with Crippen LogP contribution in [0.4, 0.5) is 11.6 Å². The molecule has 0 aliphatic rings. The third kappa shape index (κ3) is 3.95. The largest absolute Gasteiger partial charge is 0.365 e. The first-order valence-electron chi connectivity index (χ1n) is 7.44. The molecule has 0 aliphatic heterocycles. The van der Waals surface area contributed by atoms with Crippen molar-refractivity contribution < 1.29 is 0 Å². The van der Waals surface area contributed by atoms with Crippen LogP contribution in [0.5, 0.6) is 0 Å². The SMILES string of the molecule is Cc1ccc(C(CNc2nccnc2N(C)C)N(C)C)cc1. The van der Waals surface area contributed by atoms with E-state index in [1.807, 2.05) is 19.0 Å². The van der Waals surface area contributed by atoms with E-state index < -0.39 is 0 Å². The maximum Gasteiger partial charge on any atom is 0.171 e. The van der Waals surface area contributed by atoms with Crippen molar-refractivity contribution in [1.29, 1.82) is 0 Å². The zero-order valence-electron chi connectivity index (χ0n) is 14.0. The molecule has 1 aromatic heterocycles. The van der Waals surface area contributed by atoms with Crippen LogP contribution in [0.3, 0.4) is 0 Å². The molecule has 5 nitrogen and oxygen atoms in total. The maximum atomic E-state index is 4.41. The van der Waals surface area contributed by atoms with Crippen LogP contribution in [0, 0.1) is 6.92 Å². The smallest absolute Gasteiger partial charge is 0.171 e. The summed E-state index contributed by atoms with van der Waals surface area (Å²) < 4.78 is 0. The second kappa shape index (κ2) is 7.22. The van der Waals surface area contributed by atoms with Gasteiger partial charge in [0, 0.05) is 33.0 Å². The van der Waals surface area contributed by atoms with Crippen LogP contribution in [0.2, 0.25) is 0 Å². The Labute approximate surface area is 133 Å². The van der Waals surface area contributed by atoms with E-state index in [1.54, 1.807) is 12.4 Å². The number of aromatic nitrogens is 2. The van der Waals surface area contributed by atoms with E-state index >= 15 is 0 Å². The lowest BCUT2D eigenvalue weighted by Gasteiger charge is -2.26. The molecular weight excluding hydrogens is 274 g/mol. The Bertz CT molecular complexity index is 592. The second-order valence-corrected chi connectivity index (χ2v) is 5.89. The van der Waals surface area contributed by atoms with E-state index in [0.717, 1.165) is 18.2 Å². The van der Waals surface area contributed by atoms with Gasteiger partial charge in [0.25, 0.3) is 0 Å². The molecule has 1 N–H and O–H groups in total. The molecule has 1 heterocycles. The van der Waals surface area contributed by atoms with Gasteiger partial charge in [0.1, 0.15) is 0 Å². The zero-order valence-corrected chi connectivity index (χ0v) is 14.0. The fourth-order valence-corrected chi connectivity index (χ4v) is 2.36. The van der Waals surface area contributed by atoms with Gasteiger partial charge in [-0.25, -0.2) is 9.97 Å². The lowest BCUT2D eigenvalue weighted by atomic mass is 10.0. The van der Waals surface area contributed by atoms with Gasteiger partial charge in [-0.1, -0.05) is 29.8 Å². The average Bonchev–Trinajstić information content (AvgIpc) is 2.49. The molecule has 0 amide bonds. The normalized spacial score (nSPS) is 12.3. The van der Waals surface area contributed by atoms with Gasteiger partial charge in [-0.3, -0.25) is 0 Å². The molecule has 0 saturated carbocycles. The lowest BCUT2D eigenvalue weighted by molar-refractivity contribution is 0.311. The third-order valence-corrected chi connectivity index (χ3v) is 3.65. The van der Waals surface area contributed by atoms with Crippen molar-refractivity contribution in [2.75, 3.05) is 45.0 Å². The van der Waals surface area contributed by atoms with Crippen LogP contribution in [0.15, 0.2) is 36.7 Å². The number of nitrogens with one attached hydrogen (secondary N) is 1. The quantitative estimate of drug-likeness (QED) is 0.888. The molecule has 0 saturated heterocycles. The summed E-state index contributed by atoms with van der Waals surface area (Å²) in [7, 11) is 8.13. The monoisotopic (exact) mass is 299 g/mol. The van der Waals surface area contributed by atoms with E-state index in [0.29, 0.717) is 0 Å². The Morgan fingerprint density at radius 3 is 2.23 bits per heavy atom. The zero-order chi connectivity index (χ0) is 16.1. The van der Waals surface area contributed by atoms with Crippen molar-refractivity contribution in [3.05, 3.63) is 47.8 Å². The first-order valence-corrected chi connectivity index (χ1v) is 7.44. The molecule has 1 atom stereocenters. The molecule has 22 heavy (non-hydrogen) atoms. The number of benzene rings is 1. The molecule has 0 bridgehead atoms. The number of hydrogen-bond donors (Lipinski definition) is 1. The summed E-state index contributed by atoms with van der Waals surface area (Å²) in [6.07, 6.45) is 3.43. The number of likely N-dealkylation sites (N-methyl/N-ethyl adjacent to an activating group) is 1. The number of hydrogen-bond acceptors (Lipinski definition) is 5. The highest BCUT2D eigenvalue weighted by Crippen LogP contribution is 2.22. The Morgan fingerprint density at radius 1 is 1.00 bits per heavy atom. The van der Waals surface area contributed by atoms with Gasteiger partial charge >= 0.3 is 0 Å². The molecule has 2 rings (SSSR count). The minimum absolute atomic E-state index is 0.276. The Morgan fingerprint density at radius 2 is 1.64 bits per heavy atom. The molecule has 2 aromatic rings. The van der Waals surface area contributed by atoms with Crippen molar-refractivity contribution in [2.45, 2.75) is 13.0 Å². The molecule has 0 fully saturated rings. The van der Waals surface area contributed by atoms with E-state index in [2.05, 4.69) is 65.5 Å². The van der Waals surface area contributed by atoms with Crippen molar-refractivity contribution in [1.82, 2.24) is 14.9 Å². The van der Waals surface area contributed by atoms with Gasteiger partial charge in [0.15, 0.2) is 11.6 Å². The highest BCUT2D eigenvalue weighted by Gasteiger charge is 2.15. The van der Waals surface area contributed by atoms with Crippen LogP contribution in [0.1, 0.15) is 17.2 Å². The van der Waals surface area contributed by atoms with Crippen LogP contribution < -0.4 is 10.2 Å². The highest BCUT2D eigenvalue weighted by atomic mass is 15.2. The lowest BCUT2D eigenvalue weighted by Crippen LogP contribution is -2.27. The predicted octanol–water partition coefficient (Wildman–Crippen LogP) is 2.57. The number of anilines is 2. The van der Waals surface area contributed by atoms with Crippen LogP contribution in [-0.2, 0) is 0 Å². The van der Waals surface area contributed by atoms with Crippen LogP contribution in [0.25, 0.3) is 0 Å².